The molecule has 0 saturated carbocycles. The van der Waals surface area contributed by atoms with Crippen LogP contribution in [0.5, 0.6) is 0 Å². The van der Waals surface area contributed by atoms with E-state index in [1.165, 1.54) is 6.92 Å². The first kappa shape index (κ1) is 13.8. The zero-order chi connectivity index (χ0) is 13.5. The molecule has 0 rings (SSSR count). The second-order valence-corrected chi connectivity index (χ2v) is 2.55. The van der Waals surface area contributed by atoms with E-state index in [2.05, 4.69) is 0 Å². The molecule has 0 heterocycles. The number of carboxylic acids is 2. The van der Waals surface area contributed by atoms with Crippen LogP contribution in [0, 0.1) is 0 Å². The van der Waals surface area contributed by atoms with Crippen molar-refractivity contribution in [3.63, 3.8) is 0 Å². The average molecular weight is 228 g/mol. The molecule has 0 bridgehead atoms. The molecule has 3 unspecified atom stereocenters. The van der Waals surface area contributed by atoms with Gasteiger partial charge >= 0.3 is 11.9 Å². The molecule has 0 aliphatic carbocycles. The molecule has 0 aromatic carbocycles. The van der Waals surface area contributed by atoms with Crippen LogP contribution in [-0.4, -0.2) is 57.3 Å². The van der Waals surface area contributed by atoms with Gasteiger partial charge in [-0.2, -0.15) is 0 Å². The summed E-state index contributed by atoms with van der Waals surface area (Å²) in [7, 11) is 0. The molecule has 0 amide bonds. The van der Waals surface area contributed by atoms with E-state index in [0.29, 0.717) is 0 Å². The molecule has 0 fully saturated rings. The van der Waals surface area contributed by atoms with Gasteiger partial charge in [-0.15, -0.1) is 0 Å². The third-order valence-electron chi connectivity index (χ3n) is 1.02. The molecule has 15 heavy (non-hydrogen) atoms. The van der Waals surface area contributed by atoms with Crippen LogP contribution in [0.4, 0.5) is 4.39 Å². The maximum atomic E-state index is 11.2. The van der Waals surface area contributed by atoms with E-state index in [4.69, 9.17) is 27.5 Å². The maximum Gasteiger partial charge on any atom is 0.335 e. The standard InChI is InChI=1S/C4H6O6.C3H8FN/c5-1(3(7)8)2(6)4(9)10;1-3(5)2-4/h1-2,5-6H,(H,7,8)(H,9,10);3H,2,5H2,1H3/i;3D. The number of nitrogens with two attached hydrogens (primary N) is 1. The number of alkyl halides is 1. The lowest BCUT2D eigenvalue weighted by Crippen LogP contribution is -2.39. The van der Waals surface area contributed by atoms with E-state index in [1.807, 2.05) is 0 Å². The second kappa shape index (κ2) is 8.09. The normalized spacial score (nSPS) is 18.6. The number of halogens is 1. The molecule has 0 radical (unpaired) electrons. The summed E-state index contributed by atoms with van der Waals surface area (Å²) < 4.78 is 17.8. The van der Waals surface area contributed by atoms with Crippen LogP contribution in [0.3, 0.4) is 0 Å². The Morgan fingerprint density at radius 3 is 1.60 bits per heavy atom. The third kappa shape index (κ3) is 9.06. The summed E-state index contributed by atoms with van der Waals surface area (Å²) in [5.41, 5.74) is 4.83. The van der Waals surface area contributed by atoms with Gasteiger partial charge in [-0.1, -0.05) is 0 Å². The summed E-state index contributed by atoms with van der Waals surface area (Å²) in [5.74, 6) is -3.54. The van der Waals surface area contributed by atoms with E-state index in [1.54, 1.807) is 0 Å². The smallest absolute Gasteiger partial charge is 0.335 e. The fourth-order valence-electron chi connectivity index (χ4n) is 0.270. The zero-order valence-corrected chi connectivity index (χ0v) is 7.92. The first-order chi connectivity index (χ1) is 7.02. The van der Waals surface area contributed by atoms with Gasteiger partial charge in [-0.3, -0.25) is 0 Å². The Balaban J connectivity index is 0. The molecule has 90 valence electrons. The summed E-state index contributed by atoms with van der Waals surface area (Å²) in [5, 5.41) is 32.5. The second-order valence-electron chi connectivity index (χ2n) is 2.55. The zero-order valence-electron chi connectivity index (χ0n) is 8.92. The van der Waals surface area contributed by atoms with E-state index in [0.717, 1.165) is 0 Å². The first-order valence-electron chi connectivity index (χ1n) is 4.19. The topological polar surface area (TPSA) is 141 Å². The largest absolute Gasteiger partial charge is 0.479 e. The highest BCUT2D eigenvalue weighted by molar-refractivity contribution is 5.83. The Labute approximate surface area is 86.3 Å². The van der Waals surface area contributed by atoms with Crippen molar-refractivity contribution >= 4 is 11.9 Å². The molecule has 8 heteroatoms. The predicted molar refractivity (Wildman–Crippen MR) is 46.9 cm³/mol. The fraction of sp³-hybridized carbons (Fsp3) is 0.714. The predicted octanol–water partition coefficient (Wildman–Crippen LogP) is -1.82. The van der Waals surface area contributed by atoms with Gasteiger partial charge in [0.15, 0.2) is 12.2 Å². The lowest BCUT2D eigenvalue weighted by molar-refractivity contribution is -0.165. The molecule has 0 spiro atoms. The van der Waals surface area contributed by atoms with Crippen LogP contribution in [-0.2, 0) is 9.59 Å². The Bertz CT molecular complexity index is 226. The van der Waals surface area contributed by atoms with Gasteiger partial charge in [0.05, 0.1) is 0 Å². The number of carboxylic acid groups (broad SMARTS) is 2. The highest BCUT2D eigenvalue weighted by atomic mass is 19.1. The van der Waals surface area contributed by atoms with Crippen molar-refractivity contribution < 1.29 is 35.8 Å². The van der Waals surface area contributed by atoms with Gasteiger partial charge in [0.2, 0.25) is 0 Å². The molecule has 0 aliphatic rings. The first-order valence-corrected chi connectivity index (χ1v) is 3.69. The summed E-state index contributed by atoms with van der Waals surface area (Å²) in [6.45, 7) is 0.528. The number of aliphatic hydroxyl groups excluding tert-OH is 2. The van der Waals surface area contributed by atoms with Gasteiger partial charge < -0.3 is 26.2 Å². The Morgan fingerprint density at radius 2 is 1.53 bits per heavy atom. The van der Waals surface area contributed by atoms with Crippen LogP contribution in [0.1, 0.15) is 8.29 Å². The number of hydrogen-bond acceptors (Lipinski definition) is 5. The van der Waals surface area contributed by atoms with E-state index < -0.39 is 36.8 Å². The average Bonchev–Trinajstić information content (AvgIpc) is 2.15. The van der Waals surface area contributed by atoms with Crippen molar-refractivity contribution in [1.29, 1.82) is 0 Å². The third-order valence-corrected chi connectivity index (χ3v) is 1.02. The van der Waals surface area contributed by atoms with Crippen molar-refractivity contribution in [2.45, 2.75) is 25.1 Å². The number of aliphatic hydroxyl groups is 2. The Kier molecular flexibility index (Phi) is 7.42. The van der Waals surface area contributed by atoms with Gasteiger partial charge in [-0.05, 0) is 6.92 Å². The maximum absolute atomic E-state index is 11.2. The van der Waals surface area contributed by atoms with Crippen molar-refractivity contribution in [2.75, 3.05) is 6.67 Å². The number of aliphatic carboxylic acids is 2. The van der Waals surface area contributed by atoms with Crippen LogP contribution in [0.25, 0.3) is 0 Å². The fourth-order valence-corrected chi connectivity index (χ4v) is 0.270. The summed E-state index contributed by atoms with van der Waals surface area (Å²) >= 11 is 0. The van der Waals surface area contributed by atoms with E-state index in [9.17, 15) is 14.0 Å². The molecule has 0 aromatic heterocycles. The number of hydrogen-bond donors (Lipinski definition) is 5. The van der Waals surface area contributed by atoms with Gasteiger partial charge in [0.25, 0.3) is 0 Å². The lowest BCUT2D eigenvalue weighted by Gasteiger charge is -2.07. The Morgan fingerprint density at radius 1 is 1.33 bits per heavy atom. The number of carbonyl (C=O) groups is 2. The summed E-state index contributed by atoms with van der Waals surface area (Å²) in [6.07, 6.45) is -4.53. The van der Waals surface area contributed by atoms with Crippen LogP contribution >= 0.6 is 0 Å². The van der Waals surface area contributed by atoms with Crippen molar-refractivity contribution in [3.05, 3.63) is 0 Å². The van der Waals surface area contributed by atoms with Crippen LogP contribution in [0.15, 0.2) is 0 Å². The molecule has 3 atom stereocenters. The monoisotopic (exact) mass is 228 g/mol. The SMILES string of the molecule is O=C(O)C(O)C(O)C(=O)O.[2H]C(C)(N)CF. The summed E-state index contributed by atoms with van der Waals surface area (Å²) in [6, 6.07) is -1.38. The number of rotatable bonds is 4. The summed E-state index contributed by atoms with van der Waals surface area (Å²) in [4.78, 5) is 19.5. The minimum Gasteiger partial charge on any atom is -0.479 e. The van der Waals surface area contributed by atoms with Gasteiger partial charge in [0, 0.05) is 7.39 Å². The van der Waals surface area contributed by atoms with Gasteiger partial charge in [-0.25, -0.2) is 14.0 Å². The Hall–Kier alpha value is -1.25. The van der Waals surface area contributed by atoms with Crippen LogP contribution < -0.4 is 5.73 Å². The molecule has 7 nitrogen and oxygen atoms in total. The molecule has 0 aliphatic heterocycles. The minimum atomic E-state index is -2.27. The lowest BCUT2D eigenvalue weighted by atomic mass is 10.2. The molecule has 0 aromatic rings. The minimum absolute atomic E-state index is 0.785. The highest BCUT2D eigenvalue weighted by Gasteiger charge is 2.29. The van der Waals surface area contributed by atoms with Crippen LogP contribution in [0.2, 0.25) is 0 Å². The van der Waals surface area contributed by atoms with Crippen molar-refractivity contribution in [1.82, 2.24) is 0 Å². The van der Waals surface area contributed by atoms with E-state index in [-0.39, 0.29) is 0 Å². The molecular weight excluding hydrogens is 213 g/mol. The van der Waals surface area contributed by atoms with Crippen molar-refractivity contribution in [3.8, 4) is 0 Å². The van der Waals surface area contributed by atoms with Gasteiger partial charge in [0.1, 0.15) is 6.67 Å². The quantitative estimate of drug-likeness (QED) is 0.381. The van der Waals surface area contributed by atoms with E-state index >= 15 is 0 Å². The molecular formula is C7H14FNO6. The highest BCUT2D eigenvalue weighted by Crippen LogP contribution is 1.92. The molecule has 6 N–H and O–H groups in total. The van der Waals surface area contributed by atoms with Crippen molar-refractivity contribution in [2.24, 2.45) is 5.73 Å². The molecule has 0 saturated heterocycles.